The van der Waals surface area contributed by atoms with Crippen molar-refractivity contribution in [3.8, 4) is 0 Å². The van der Waals surface area contributed by atoms with Crippen LogP contribution in [0.4, 0.5) is 10.5 Å². The number of hydrogen-bond donors (Lipinski definition) is 1. The van der Waals surface area contributed by atoms with Crippen LogP contribution in [0, 0.1) is 0 Å². The van der Waals surface area contributed by atoms with Crippen LogP contribution in [-0.4, -0.2) is 19.0 Å². The van der Waals surface area contributed by atoms with Crippen molar-refractivity contribution in [2.24, 2.45) is 0 Å². The lowest BCUT2D eigenvalue weighted by Gasteiger charge is -2.14. The van der Waals surface area contributed by atoms with Gasteiger partial charge in [0.2, 0.25) is 0 Å². The van der Waals surface area contributed by atoms with E-state index in [1.807, 2.05) is 6.07 Å². The quantitative estimate of drug-likeness (QED) is 0.811. The van der Waals surface area contributed by atoms with Gasteiger partial charge in [-0.1, -0.05) is 13.8 Å². The monoisotopic (exact) mass is 249 g/mol. The molecule has 0 saturated carbocycles. The lowest BCUT2D eigenvalue weighted by molar-refractivity contribution is 0.112. The average Bonchev–Trinajstić information content (AvgIpc) is 2.38. The van der Waals surface area contributed by atoms with Crippen LogP contribution >= 0.6 is 0 Å². The molecule has 4 heteroatoms. The number of anilines is 1. The number of carbonyl (C=O) groups is 2. The molecule has 98 valence electrons. The van der Waals surface area contributed by atoms with E-state index < -0.39 is 6.09 Å². The summed E-state index contributed by atoms with van der Waals surface area (Å²) in [5.74, 6) is 0.272. The standard InChI is InChI=1S/C14H19NO3/c1-4-10(3)13-8-12(7-6-11(13)9-16)15-14(17)18-5-2/h6-10H,4-5H2,1-3H3,(H,15,17). The minimum atomic E-state index is -0.480. The van der Waals surface area contributed by atoms with Crippen molar-refractivity contribution in [2.75, 3.05) is 11.9 Å². The second-order valence-electron chi connectivity index (χ2n) is 4.12. The van der Waals surface area contributed by atoms with E-state index >= 15 is 0 Å². The average molecular weight is 249 g/mol. The maximum absolute atomic E-state index is 11.3. The number of nitrogens with one attached hydrogen (secondary N) is 1. The summed E-state index contributed by atoms with van der Waals surface area (Å²) < 4.78 is 4.81. The molecule has 0 aliphatic carbocycles. The smallest absolute Gasteiger partial charge is 0.411 e. The van der Waals surface area contributed by atoms with Crippen LogP contribution in [0.2, 0.25) is 0 Å². The molecule has 0 heterocycles. The number of rotatable bonds is 5. The molecule has 0 fully saturated rings. The number of aldehydes is 1. The van der Waals surface area contributed by atoms with E-state index in [1.54, 1.807) is 19.1 Å². The van der Waals surface area contributed by atoms with Crippen molar-refractivity contribution in [2.45, 2.75) is 33.1 Å². The number of hydrogen-bond acceptors (Lipinski definition) is 3. The summed E-state index contributed by atoms with van der Waals surface area (Å²) in [5, 5.41) is 2.64. The van der Waals surface area contributed by atoms with Crippen LogP contribution in [0.15, 0.2) is 18.2 Å². The van der Waals surface area contributed by atoms with Crippen LogP contribution in [0.3, 0.4) is 0 Å². The molecule has 1 atom stereocenters. The van der Waals surface area contributed by atoms with Gasteiger partial charge in [0.1, 0.15) is 6.29 Å². The molecule has 0 aliphatic rings. The van der Waals surface area contributed by atoms with Crippen molar-refractivity contribution >= 4 is 18.1 Å². The van der Waals surface area contributed by atoms with Gasteiger partial charge in [-0.2, -0.15) is 0 Å². The molecule has 4 nitrogen and oxygen atoms in total. The summed E-state index contributed by atoms with van der Waals surface area (Å²) in [5.41, 5.74) is 2.26. The topological polar surface area (TPSA) is 55.4 Å². The SMILES string of the molecule is CCOC(=O)Nc1ccc(C=O)c(C(C)CC)c1. The summed E-state index contributed by atoms with van der Waals surface area (Å²) in [6, 6.07) is 5.25. The zero-order valence-electron chi connectivity index (χ0n) is 11.0. The van der Waals surface area contributed by atoms with Gasteiger partial charge in [0.15, 0.2) is 0 Å². The van der Waals surface area contributed by atoms with Gasteiger partial charge in [0.25, 0.3) is 0 Å². The van der Waals surface area contributed by atoms with Crippen molar-refractivity contribution < 1.29 is 14.3 Å². The Bertz CT molecular complexity index is 429. The van der Waals surface area contributed by atoms with Crippen molar-refractivity contribution in [3.63, 3.8) is 0 Å². The minimum absolute atomic E-state index is 0.272. The predicted molar refractivity (Wildman–Crippen MR) is 71.2 cm³/mol. The Morgan fingerprint density at radius 3 is 2.72 bits per heavy atom. The number of benzene rings is 1. The zero-order chi connectivity index (χ0) is 13.5. The Morgan fingerprint density at radius 1 is 1.44 bits per heavy atom. The highest BCUT2D eigenvalue weighted by Gasteiger charge is 2.11. The van der Waals surface area contributed by atoms with Gasteiger partial charge in [-0.25, -0.2) is 4.79 Å². The summed E-state index contributed by atoms with van der Waals surface area (Å²) >= 11 is 0. The molecule has 0 saturated heterocycles. The summed E-state index contributed by atoms with van der Waals surface area (Å²) in [6.45, 7) is 6.19. The molecule has 1 unspecified atom stereocenters. The summed E-state index contributed by atoms with van der Waals surface area (Å²) in [4.78, 5) is 22.3. The predicted octanol–water partition coefficient (Wildman–Crippen LogP) is 3.58. The molecule has 18 heavy (non-hydrogen) atoms. The van der Waals surface area contributed by atoms with E-state index in [4.69, 9.17) is 4.74 Å². The third-order valence-corrected chi connectivity index (χ3v) is 2.88. The van der Waals surface area contributed by atoms with E-state index in [2.05, 4.69) is 19.2 Å². The van der Waals surface area contributed by atoms with Gasteiger partial charge in [-0.3, -0.25) is 10.1 Å². The number of ether oxygens (including phenoxy) is 1. The summed E-state index contributed by atoms with van der Waals surface area (Å²) in [6.07, 6.45) is 1.30. The van der Waals surface area contributed by atoms with E-state index in [0.717, 1.165) is 18.3 Å². The fraction of sp³-hybridized carbons (Fsp3) is 0.429. The lowest BCUT2D eigenvalue weighted by atomic mass is 9.94. The molecule has 1 aromatic carbocycles. The van der Waals surface area contributed by atoms with Gasteiger partial charge in [0.05, 0.1) is 6.61 Å². The Kier molecular flexibility index (Phi) is 5.36. The maximum Gasteiger partial charge on any atom is 0.411 e. The Morgan fingerprint density at radius 2 is 2.17 bits per heavy atom. The Hall–Kier alpha value is -1.84. The Labute approximate surface area is 107 Å². The molecule has 1 amide bonds. The molecule has 1 aromatic rings. The second kappa shape index (κ2) is 6.79. The molecular weight excluding hydrogens is 230 g/mol. The highest BCUT2D eigenvalue weighted by molar-refractivity contribution is 5.86. The van der Waals surface area contributed by atoms with Crippen molar-refractivity contribution in [3.05, 3.63) is 29.3 Å². The maximum atomic E-state index is 11.3. The molecule has 1 rings (SSSR count). The number of amides is 1. The first kappa shape index (κ1) is 14.2. The Balaban J connectivity index is 2.95. The summed E-state index contributed by atoms with van der Waals surface area (Å²) in [7, 11) is 0. The first-order chi connectivity index (χ1) is 8.62. The third-order valence-electron chi connectivity index (χ3n) is 2.88. The van der Waals surface area contributed by atoms with Crippen LogP contribution in [0.1, 0.15) is 49.0 Å². The van der Waals surface area contributed by atoms with Gasteiger partial charge < -0.3 is 4.74 Å². The van der Waals surface area contributed by atoms with E-state index in [9.17, 15) is 9.59 Å². The molecule has 0 aliphatic heterocycles. The first-order valence-corrected chi connectivity index (χ1v) is 6.15. The second-order valence-corrected chi connectivity index (χ2v) is 4.12. The van der Waals surface area contributed by atoms with Crippen LogP contribution in [-0.2, 0) is 4.74 Å². The highest BCUT2D eigenvalue weighted by atomic mass is 16.5. The molecule has 0 radical (unpaired) electrons. The van der Waals surface area contributed by atoms with Crippen molar-refractivity contribution in [1.29, 1.82) is 0 Å². The molecule has 0 bridgehead atoms. The van der Waals surface area contributed by atoms with Gasteiger partial charge in [0, 0.05) is 11.3 Å². The lowest BCUT2D eigenvalue weighted by Crippen LogP contribution is -2.13. The fourth-order valence-corrected chi connectivity index (χ4v) is 1.69. The van der Waals surface area contributed by atoms with Gasteiger partial charge >= 0.3 is 6.09 Å². The number of carbonyl (C=O) groups excluding carboxylic acids is 2. The minimum Gasteiger partial charge on any atom is -0.450 e. The van der Waals surface area contributed by atoms with Crippen LogP contribution < -0.4 is 5.32 Å². The normalized spacial score (nSPS) is 11.7. The van der Waals surface area contributed by atoms with Crippen LogP contribution in [0.25, 0.3) is 0 Å². The van der Waals surface area contributed by atoms with E-state index in [0.29, 0.717) is 17.9 Å². The van der Waals surface area contributed by atoms with Gasteiger partial charge in [-0.15, -0.1) is 0 Å². The van der Waals surface area contributed by atoms with E-state index in [1.165, 1.54) is 0 Å². The van der Waals surface area contributed by atoms with Gasteiger partial charge in [-0.05, 0) is 43.0 Å². The molecule has 1 N–H and O–H groups in total. The largest absolute Gasteiger partial charge is 0.450 e. The third kappa shape index (κ3) is 3.58. The van der Waals surface area contributed by atoms with Crippen molar-refractivity contribution in [1.82, 2.24) is 0 Å². The molecule has 0 aromatic heterocycles. The van der Waals surface area contributed by atoms with Crippen LogP contribution in [0.5, 0.6) is 0 Å². The highest BCUT2D eigenvalue weighted by Crippen LogP contribution is 2.25. The molecular formula is C14H19NO3. The molecule has 0 spiro atoms. The first-order valence-electron chi connectivity index (χ1n) is 6.15. The fourth-order valence-electron chi connectivity index (χ4n) is 1.69. The zero-order valence-corrected chi connectivity index (χ0v) is 11.0. The van der Waals surface area contributed by atoms with E-state index in [-0.39, 0.29) is 5.92 Å².